The molecule has 1 aromatic heterocycles. The van der Waals surface area contributed by atoms with Crippen LogP contribution in [0.4, 0.5) is 5.82 Å². The molecule has 0 spiro atoms. The fraction of sp³-hybridized carbons (Fsp3) is 0.700. The molecule has 0 aromatic carbocycles. The Balaban J connectivity index is 1.73. The molecule has 154 valence electrons. The van der Waals surface area contributed by atoms with Gasteiger partial charge in [-0.1, -0.05) is 0 Å². The highest BCUT2D eigenvalue weighted by atomic mass is 16.2. The lowest BCUT2D eigenvalue weighted by Crippen LogP contribution is -2.40. The zero-order valence-corrected chi connectivity index (χ0v) is 17.4. The van der Waals surface area contributed by atoms with E-state index in [1.165, 1.54) is 0 Å². The number of anilines is 1. The minimum absolute atomic E-state index is 0.120. The molecule has 1 aromatic rings. The molecule has 8 nitrogen and oxygen atoms in total. The Morgan fingerprint density at radius 1 is 1.11 bits per heavy atom. The van der Waals surface area contributed by atoms with Crippen molar-refractivity contribution >= 4 is 17.6 Å². The highest BCUT2D eigenvalue weighted by Crippen LogP contribution is 2.26. The number of primary amides is 1. The average molecular weight is 389 g/mol. The van der Waals surface area contributed by atoms with Gasteiger partial charge in [-0.05, 0) is 53.1 Å². The zero-order valence-electron chi connectivity index (χ0n) is 17.4. The second kappa shape index (κ2) is 8.43. The highest BCUT2D eigenvalue weighted by Gasteiger charge is 2.30. The molecular formula is C20H32N6O2. The summed E-state index contributed by atoms with van der Waals surface area (Å²) >= 11 is 0. The van der Waals surface area contributed by atoms with E-state index in [1.807, 2.05) is 13.8 Å². The molecule has 2 amide bonds. The molecule has 8 heteroatoms. The number of hydrogen-bond donors (Lipinski definition) is 1. The van der Waals surface area contributed by atoms with E-state index < -0.39 is 0 Å². The van der Waals surface area contributed by atoms with E-state index in [9.17, 15) is 9.59 Å². The first-order chi connectivity index (χ1) is 13.3. The van der Waals surface area contributed by atoms with Crippen LogP contribution in [0.25, 0.3) is 0 Å². The number of nitrogens with zero attached hydrogens (tertiary/aromatic N) is 5. The van der Waals surface area contributed by atoms with Crippen molar-refractivity contribution < 1.29 is 9.59 Å². The van der Waals surface area contributed by atoms with Gasteiger partial charge in [0.2, 0.25) is 11.7 Å². The van der Waals surface area contributed by atoms with Crippen molar-refractivity contribution in [2.75, 3.05) is 45.2 Å². The van der Waals surface area contributed by atoms with Gasteiger partial charge in [0.1, 0.15) is 5.82 Å². The van der Waals surface area contributed by atoms with Crippen LogP contribution in [-0.4, -0.2) is 77.9 Å². The van der Waals surface area contributed by atoms with Gasteiger partial charge in [0.15, 0.2) is 0 Å². The lowest BCUT2D eigenvalue weighted by atomic mass is 9.93. The van der Waals surface area contributed by atoms with Crippen LogP contribution in [0.3, 0.4) is 0 Å². The van der Waals surface area contributed by atoms with Crippen LogP contribution >= 0.6 is 0 Å². The van der Waals surface area contributed by atoms with E-state index in [2.05, 4.69) is 33.9 Å². The SMILES string of the molecule is Cc1nc(C(=O)N2CCC(CC(N)=O)CC2)nc(N2CC[C@@H](N(C)C)C2)c1C. The van der Waals surface area contributed by atoms with Crippen LogP contribution in [0.1, 0.15) is 47.6 Å². The van der Waals surface area contributed by atoms with E-state index in [4.69, 9.17) is 5.73 Å². The average Bonchev–Trinajstić information content (AvgIpc) is 3.13. The smallest absolute Gasteiger partial charge is 0.291 e. The van der Waals surface area contributed by atoms with Crippen LogP contribution in [0, 0.1) is 19.8 Å². The molecule has 28 heavy (non-hydrogen) atoms. The van der Waals surface area contributed by atoms with Gasteiger partial charge in [-0.2, -0.15) is 0 Å². The van der Waals surface area contributed by atoms with E-state index in [0.29, 0.717) is 25.6 Å². The summed E-state index contributed by atoms with van der Waals surface area (Å²) in [7, 11) is 4.20. The molecule has 1 atom stereocenters. The van der Waals surface area contributed by atoms with Crippen molar-refractivity contribution in [2.45, 2.75) is 45.6 Å². The molecule has 0 unspecified atom stereocenters. The van der Waals surface area contributed by atoms with Crippen molar-refractivity contribution in [3.05, 3.63) is 17.1 Å². The standard InChI is InChI=1S/C20H32N6O2/c1-13-14(2)22-18(23-19(13)26-10-7-16(12-26)24(3)4)20(28)25-8-5-15(6-9-25)11-17(21)27/h15-16H,5-12H2,1-4H3,(H2,21,27)/t16-/m1/s1. The number of hydrogen-bond acceptors (Lipinski definition) is 6. The first-order valence-electron chi connectivity index (χ1n) is 10.1. The summed E-state index contributed by atoms with van der Waals surface area (Å²) in [4.78, 5) is 39.6. The number of rotatable bonds is 5. The molecule has 0 saturated carbocycles. The summed E-state index contributed by atoms with van der Waals surface area (Å²) in [5, 5.41) is 0. The molecule has 0 bridgehead atoms. The van der Waals surface area contributed by atoms with Gasteiger partial charge in [0, 0.05) is 49.9 Å². The predicted molar refractivity (Wildman–Crippen MR) is 108 cm³/mol. The summed E-state index contributed by atoms with van der Waals surface area (Å²) in [6.45, 7) is 7.06. The van der Waals surface area contributed by atoms with Crippen LogP contribution in [0.15, 0.2) is 0 Å². The summed E-state index contributed by atoms with van der Waals surface area (Å²) in [6, 6.07) is 0.498. The molecular weight excluding hydrogens is 356 g/mol. The van der Waals surface area contributed by atoms with Crippen molar-refractivity contribution in [2.24, 2.45) is 11.7 Å². The molecule has 0 radical (unpaired) electrons. The van der Waals surface area contributed by atoms with E-state index in [1.54, 1.807) is 4.90 Å². The number of amides is 2. The Labute approximate surface area is 167 Å². The topological polar surface area (TPSA) is 95.7 Å². The summed E-state index contributed by atoms with van der Waals surface area (Å²) in [5.74, 6) is 1.03. The van der Waals surface area contributed by atoms with Crippen molar-refractivity contribution in [3.8, 4) is 0 Å². The fourth-order valence-corrected chi connectivity index (χ4v) is 4.14. The Morgan fingerprint density at radius 3 is 2.36 bits per heavy atom. The fourth-order valence-electron chi connectivity index (χ4n) is 4.14. The third-order valence-corrected chi connectivity index (χ3v) is 6.14. The lowest BCUT2D eigenvalue weighted by molar-refractivity contribution is -0.119. The Bertz CT molecular complexity index is 742. The normalized spacial score (nSPS) is 20.8. The maximum atomic E-state index is 13.0. The van der Waals surface area contributed by atoms with Gasteiger partial charge in [-0.3, -0.25) is 9.59 Å². The predicted octanol–water partition coefficient (Wildman–Crippen LogP) is 0.961. The molecule has 2 aliphatic heterocycles. The van der Waals surface area contributed by atoms with Gasteiger partial charge in [0.05, 0.1) is 0 Å². The third kappa shape index (κ3) is 4.43. The number of aryl methyl sites for hydroxylation is 1. The second-order valence-corrected chi connectivity index (χ2v) is 8.34. The molecule has 2 aliphatic rings. The molecule has 2 fully saturated rings. The first-order valence-corrected chi connectivity index (χ1v) is 10.1. The van der Waals surface area contributed by atoms with Gasteiger partial charge in [-0.15, -0.1) is 0 Å². The van der Waals surface area contributed by atoms with Crippen LogP contribution in [0.5, 0.6) is 0 Å². The number of piperidine rings is 1. The van der Waals surface area contributed by atoms with E-state index in [0.717, 1.165) is 49.4 Å². The lowest BCUT2D eigenvalue weighted by Gasteiger charge is -2.31. The van der Waals surface area contributed by atoms with Crippen molar-refractivity contribution in [3.63, 3.8) is 0 Å². The summed E-state index contributed by atoms with van der Waals surface area (Å²) < 4.78 is 0. The largest absolute Gasteiger partial charge is 0.370 e. The van der Waals surface area contributed by atoms with Gasteiger partial charge >= 0.3 is 0 Å². The van der Waals surface area contributed by atoms with Crippen LogP contribution in [0.2, 0.25) is 0 Å². The van der Waals surface area contributed by atoms with E-state index >= 15 is 0 Å². The third-order valence-electron chi connectivity index (χ3n) is 6.14. The zero-order chi connectivity index (χ0) is 20.4. The minimum atomic E-state index is -0.270. The summed E-state index contributed by atoms with van der Waals surface area (Å²) in [5.41, 5.74) is 7.19. The quantitative estimate of drug-likeness (QED) is 0.807. The molecule has 2 saturated heterocycles. The Hall–Kier alpha value is -2.22. The second-order valence-electron chi connectivity index (χ2n) is 8.34. The van der Waals surface area contributed by atoms with Crippen molar-refractivity contribution in [1.29, 1.82) is 0 Å². The van der Waals surface area contributed by atoms with Gasteiger partial charge < -0.3 is 20.4 Å². The summed E-state index contributed by atoms with van der Waals surface area (Å²) in [6.07, 6.45) is 3.08. The molecule has 3 rings (SSSR count). The molecule has 3 heterocycles. The maximum Gasteiger partial charge on any atom is 0.291 e. The Kier molecular flexibility index (Phi) is 6.17. The van der Waals surface area contributed by atoms with E-state index in [-0.39, 0.29) is 23.6 Å². The number of nitrogens with two attached hydrogens (primary N) is 1. The van der Waals surface area contributed by atoms with Crippen molar-refractivity contribution in [1.82, 2.24) is 19.8 Å². The molecule has 2 N–H and O–H groups in total. The number of carbonyl (C=O) groups is 2. The Morgan fingerprint density at radius 2 is 1.79 bits per heavy atom. The first kappa shape index (κ1) is 20.5. The highest BCUT2D eigenvalue weighted by molar-refractivity contribution is 5.91. The monoisotopic (exact) mass is 388 g/mol. The molecule has 0 aliphatic carbocycles. The number of likely N-dealkylation sites (tertiary alicyclic amines) is 1. The number of likely N-dealkylation sites (N-methyl/N-ethyl adjacent to an activating group) is 1. The van der Waals surface area contributed by atoms with Crippen LogP contribution in [-0.2, 0) is 4.79 Å². The number of aromatic nitrogens is 2. The maximum absolute atomic E-state index is 13.0. The van der Waals surface area contributed by atoms with Gasteiger partial charge in [0.25, 0.3) is 5.91 Å². The number of carbonyl (C=O) groups excluding carboxylic acids is 2. The van der Waals surface area contributed by atoms with Gasteiger partial charge in [-0.25, -0.2) is 9.97 Å². The van der Waals surface area contributed by atoms with Crippen LogP contribution < -0.4 is 10.6 Å². The minimum Gasteiger partial charge on any atom is -0.370 e.